The Morgan fingerprint density at radius 2 is 1.73 bits per heavy atom. The van der Waals surface area contributed by atoms with E-state index < -0.39 is 30.1 Å². The number of rotatable bonds is 16. The molecule has 1 aromatic heterocycles. The number of quaternary nitrogens is 1. The van der Waals surface area contributed by atoms with E-state index in [4.69, 9.17) is 10.00 Å². The van der Waals surface area contributed by atoms with Gasteiger partial charge in [-0.3, -0.25) is 9.59 Å². The number of nitrogens with zero attached hydrogens (tertiary/aromatic N) is 6. The maximum atomic E-state index is 14.0. The highest BCUT2D eigenvalue weighted by atomic mass is 19.4. The normalized spacial score (nSPS) is 17.4. The van der Waals surface area contributed by atoms with Gasteiger partial charge in [-0.05, 0) is 81.4 Å². The van der Waals surface area contributed by atoms with Gasteiger partial charge in [0.2, 0.25) is 17.6 Å². The molecule has 3 heterocycles. The lowest BCUT2D eigenvalue weighted by Crippen LogP contribution is -2.44. The molecule has 2 aliphatic rings. The third kappa shape index (κ3) is 12.1. The summed E-state index contributed by atoms with van der Waals surface area (Å²) in [6.45, 7) is 2.60. The number of nitrogens with one attached hydrogen (secondary N) is 2. The van der Waals surface area contributed by atoms with Gasteiger partial charge in [0.15, 0.2) is 0 Å². The molecule has 2 aliphatic heterocycles. The van der Waals surface area contributed by atoms with Gasteiger partial charge < -0.3 is 29.7 Å². The molecule has 2 N–H and O–H groups in total. The standard InChI is InChI=1S/C37H51F3N8O4/c1-48(2,3)23-7-9-29(35(51)52-4)43-33(49)11-5-8-26-17-21-46(22-18-26)31-24-32(45-36(44-31)37(38,39)40)47-20-6-10-30(47)34(50)42-19-16-27-12-14-28(25-41)15-13-27/h12-15,24,26,29-30H,5-11,16-23H2,1-4H3,(H-,42,43,49,50)/p+1/t29-,30-/m0/s1. The van der Waals surface area contributed by atoms with E-state index in [1.807, 2.05) is 17.0 Å². The van der Waals surface area contributed by atoms with Crippen LogP contribution in [0.1, 0.15) is 74.7 Å². The van der Waals surface area contributed by atoms with E-state index in [9.17, 15) is 27.6 Å². The average Bonchev–Trinajstić information content (AvgIpc) is 3.61. The maximum absolute atomic E-state index is 14.0. The van der Waals surface area contributed by atoms with Gasteiger partial charge in [0.1, 0.15) is 23.7 Å². The molecule has 2 amide bonds. The summed E-state index contributed by atoms with van der Waals surface area (Å²) >= 11 is 0. The molecule has 0 bridgehead atoms. The number of methoxy groups -OCH3 is 1. The van der Waals surface area contributed by atoms with Gasteiger partial charge in [0, 0.05) is 38.7 Å². The number of anilines is 2. The van der Waals surface area contributed by atoms with Crippen molar-refractivity contribution in [2.24, 2.45) is 5.92 Å². The van der Waals surface area contributed by atoms with Gasteiger partial charge in [-0.2, -0.15) is 18.4 Å². The number of ether oxygens (including phenoxy) is 1. The quantitative estimate of drug-likeness (QED) is 0.192. The van der Waals surface area contributed by atoms with Crippen LogP contribution in [0.25, 0.3) is 0 Å². The number of nitriles is 1. The Balaban J connectivity index is 1.30. The van der Waals surface area contributed by atoms with Gasteiger partial charge >= 0.3 is 12.1 Å². The van der Waals surface area contributed by atoms with Crippen LogP contribution >= 0.6 is 0 Å². The number of hydrogen-bond acceptors (Lipinski definition) is 9. The number of aromatic nitrogens is 2. The topological polar surface area (TPSA) is 141 Å². The summed E-state index contributed by atoms with van der Waals surface area (Å²) in [5, 5.41) is 14.7. The first-order valence-electron chi connectivity index (χ1n) is 18.1. The van der Waals surface area contributed by atoms with Gasteiger partial charge in [-0.25, -0.2) is 14.8 Å². The molecule has 2 atom stereocenters. The number of carbonyl (C=O) groups is 3. The van der Waals surface area contributed by atoms with Crippen LogP contribution in [0.15, 0.2) is 30.3 Å². The molecule has 0 saturated carbocycles. The Morgan fingerprint density at radius 3 is 2.37 bits per heavy atom. The molecule has 0 aliphatic carbocycles. The van der Waals surface area contributed by atoms with Crippen LogP contribution in [0.3, 0.4) is 0 Å². The fraction of sp³-hybridized carbons (Fsp3) is 0.622. The Kier molecular flexibility index (Phi) is 14.2. The molecule has 12 nitrogen and oxygen atoms in total. The highest BCUT2D eigenvalue weighted by molar-refractivity contribution is 5.86. The number of alkyl halides is 3. The molecular formula is C37H52F3N8O4+. The first kappa shape index (κ1) is 40.3. The fourth-order valence-corrected chi connectivity index (χ4v) is 6.79. The third-order valence-electron chi connectivity index (χ3n) is 9.70. The summed E-state index contributed by atoms with van der Waals surface area (Å²) in [4.78, 5) is 49.4. The van der Waals surface area contributed by atoms with Crippen molar-refractivity contribution in [1.29, 1.82) is 5.26 Å². The lowest BCUT2D eigenvalue weighted by molar-refractivity contribution is -0.870. The summed E-state index contributed by atoms with van der Waals surface area (Å²) in [7, 11) is 7.51. The van der Waals surface area contributed by atoms with Gasteiger partial charge in [-0.1, -0.05) is 12.1 Å². The van der Waals surface area contributed by atoms with Crippen molar-refractivity contribution < 1.29 is 36.8 Å². The number of piperidine rings is 1. The average molecular weight is 730 g/mol. The van der Waals surface area contributed by atoms with Crippen LogP contribution in [-0.4, -0.2) is 105 Å². The highest BCUT2D eigenvalue weighted by Gasteiger charge is 2.39. The summed E-state index contributed by atoms with van der Waals surface area (Å²) in [5.74, 6) is -1.60. The molecule has 15 heteroatoms. The molecule has 0 spiro atoms. The Labute approximate surface area is 304 Å². The van der Waals surface area contributed by atoms with Crippen molar-refractivity contribution in [3.63, 3.8) is 0 Å². The van der Waals surface area contributed by atoms with Crippen molar-refractivity contribution in [2.75, 3.05) is 70.8 Å². The molecule has 0 radical (unpaired) electrons. The van der Waals surface area contributed by atoms with E-state index in [2.05, 4.69) is 47.8 Å². The van der Waals surface area contributed by atoms with Gasteiger partial charge in [-0.15, -0.1) is 0 Å². The second kappa shape index (κ2) is 18.3. The zero-order chi connectivity index (χ0) is 37.9. The maximum Gasteiger partial charge on any atom is 0.451 e. The Hall–Kier alpha value is -4.45. The minimum absolute atomic E-state index is 0.0814. The molecule has 4 rings (SSSR count). The third-order valence-corrected chi connectivity index (χ3v) is 9.70. The van der Waals surface area contributed by atoms with Crippen molar-refractivity contribution in [1.82, 2.24) is 20.6 Å². The lowest BCUT2D eigenvalue weighted by Gasteiger charge is -2.34. The van der Waals surface area contributed by atoms with E-state index in [0.29, 0.717) is 69.8 Å². The fourth-order valence-electron chi connectivity index (χ4n) is 6.79. The molecule has 0 unspecified atom stereocenters. The number of carbonyl (C=O) groups excluding carboxylic acids is 3. The number of hydrogen-bond donors (Lipinski definition) is 2. The molecule has 52 heavy (non-hydrogen) atoms. The van der Waals surface area contributed by atoms with Crippen LogP contribution in [0.4, 0.5) is 24.8 Å². The molecular weight excluding hydrogens is 677 g/mol. The summed E-state index contributed by atoms with van der Waals surface area (Å²) in [6.07, 6.45) is 1.32. The van der Waals surface area contributed by atoms with Crippen molar-refractivity contribution >= 4 is 29.4 Å². The number of halogens is 3. The van der Waals surface area contributed by atoms with E-state index in [0.717, 1.165) is 42.3 Å². The van der Waals surface area contributed by atoms with E-state index in [1.165, 1.54) is 7.11 Å². The number of esters is 1. The summed E-state index contributed by atoms with van der Waals surface area (Å²) in [5.41, 5.74) is 1.50. The van der Waals surface area contributed by atoms with Crippen molar-refractivity contribution in [3.8, 4) is 6.07 Å². The van der Waals surface area contributed by atoms with Gasteiger partial charge in [0.25, 0.3) is 0 Å². The predicted molar refractivity (Wildman–Crippen MR) is 190 cm³/mol. The summed E-state index contributed by atoms with van der Waals surface area (Å²) < 4.78 is 47.7. The van der Waals surface area contributed by atoms with E-state index >= 15 is 0 Å². The lowest BCUT2D eigenvalue weighted by atomic mass is 9.91. The summed E-state index contributed by atoms with van der Waals surface area (Å²) in [6, 6.07) is 9.37. The van der Waals surface area contributed by atoms with Crippen LogP contribution in [-0.2, 0) is 31.7 Å². The van der Waals surface area contributed by atoms with Crippen LogP contribution < -0.4 is 20.4 Å². The van der Waals surface area contributed by atoms with Crippen molar-refractivity contribution in [3.05, 3.63) is 47.3 Å². The molecule has 2 saturated heterocycles. The minimum atomic E-state index is -4.76. The van der Waals surface area contributed by atoms with Crippen molar-refractivity contribution in [2.45, 2.75) is 82.5 Å². The second-order valence-electron chi connectivity index (χ2n) is 14.7. The van der Waals surface area contributed by atoms with Gasteiger partial charge in [0.05, 0.1) is 46.4 Å². The number of benzene rings is 1. The first-order chi connectivity index (χ1) is 24.7. The largest absolute Gasteiger partial charge is 0.467 e. The smallest absolute Gasteiger partial charge is 0.451 e. The van der Waals surface area contributed by atoms with Crippen LogP contribution in [0.5, 0.6) is 0 Å². The first-order valence-corrected chi connectivity index (χ1v) is 18.1. The monoisotopic (exact) mass is 729 g/mol. The molecule has 2 fully saturated rings. The Morgan fingerprint density at radius 1 is 1.04 bits per heavy atom. The zero-order valence-corrected chi connectivity index (χ0v) is 30.7. The highest BCUT2D eigenvalue weighted by Crippen LogP contribution is 2.34. The minimum Gasteiger partial charge on any atom is -0.467 e. The molecule has 1 aromatic carbocycles. The van der Waals surface area contributed by atoms with Crippen LogP contribution in [0.2, 0.25) is 0 Å². The van der Waals surface area contributed by atoms with E-state index in [-0.39, 0.29) is 29.9 Å². The predicted octanol–water partition coefficient (Wildman–Crippen LogP) is 4.23. The molecule has 2 aromatic rings. The SMILES string of the molecule is COC(=O)[C@H](CCC[N+](C)(C)C)NC(=O)CCCC1CCN(c2cc(N3CCC[C@H]3C(=O)NCCc3ccc(C#N)cc3)nc(C(F)(F)F)n2)CC1. The molecule has 284 valence electrons. The van der Waals surface area contributed by atoms with E-state index in [1.54, 1.807) is 23.1 Å². The number of amides is 2. The second-order valence-corrected chi connectivity index (χ2v) is 14.7. The van der Waals surface area contributed by atoms with Crippen LogP contribution in [0, 0.1) is 17.2 Å². The Bertz CT molecular complexity index is 1550. The zero-order valence-electron chi connectivity index (χ0n) is 30.7.